The summed E-state index contributed by atoms with van der Waals surface area (Å²) in [6.45, 7) is 8.02. The molecule has 0 fully saturated rings. The fraction of sp³-hybridized carbons (Fsp3) is 0.500. The van der Waals surface area contributed by atoms with E-state index in [9.17, 15) is 4.79 Å². The normalized spacial score (nSPS) is 15.8. The van der Waals surface area contributed by atoms with E-state index in [0.717, 1.165) is 5.57 Å². The third-order valence-corrected chi connectivity index (χ3v) is 3.18. The van der Waals surface area contributed by atoms with Crippen LogP contribution in [0.25, 0.3) is 0 Å². The zero-order chi connectivity index (χ0) is 14.9. The van der Waals surface area contributed by atoms with Crippen molar-refractivity contribution in [2.75, 3.05) is 18.1 Å². The molecule has 6 nitrogen and oxygen atoms in total. The third kappa shape index (κ3) is 2.27. The molecule has 1 aromatic rings. The van der Waals surface area contributed by atoms with Crippen LogP contribution in [0.4, 0.5) is 5.82 Å². The van der Waals surface area contributed by atoms with Gasteiger partial charge in [0, 0.05) is 6.07 Å². The highest BCUT2D eigenvalue weighted by atomic mass is 16.5. The maximum absolute atomic E-state index is 12.2. The van der Waals surface area contributed by atoms with Crippen LogP contribution in [0.1, 0.15) is 33.5 Å². The number of rotatable bonds is 4. The summed E-state index contributed by atoms with van der Waals surface area (Å²) in [6.07, 6.45) is 0. The summed E-state index contributed by atoms with van der Waals surface area (Å²) < 4.78 is 10.5. The van der Waals surface area contributed by atoms with Crippen LogP contribution in [0.2, 0.25) is 0 Å². The Morgan fingerprint density at radius 1 is 1.60 bits per heavy atom. The quantitative estimate of drug-likeness (QED) is 0.841. The Bertz CT molecular complexity index is 607. The molecule has 0 radical (unpaired) electrons. The lowest BCUT2D eigenvalue weighted by molar-refractivity contribution is -0.117. The van der Waals surface area contributed by atoms with Crippen LogP contribution in [0.5, 0.6) is 0 Å². The lowest BCUT2D eigenvalue weighted by Crippen LogP contribution is -2.27. The van der Waals surface area contributed by atoms with E-state index in [4.69, 9.17) is 14.5 Å². The molecule has 0 bridgehead atoms. The van der Waals surface area contributed by atoms with Crippen molar-refractivity contribution in [2.45, 2.75) is 33.1 Å². The summed E-state index contributed by atoms with van der Waals surface area (Å²) >= 11 is 0. The summed E-state index contributed by atoms with van der Waals surface area (Å²) in [6, 6.07) is 3.77. The second kappa shape index (κ2) is 5.00. The molecule has 2 rings (SSSR count). The second-order valence-electron chi connectivity index (χ2n) is 5.22. The minimum Gasteiger partial charge on any atom is -0.488 e. The number of hydrogen-bond acceptors (Lipinski definition) is 5. The summed E-state index contributed by atoms with van der Waals surface area (Å²) in [7, 11) is 0. The number of anilines is 1. The minimum atomic E-state index is -0.779. The lowest BCUT2D eigenvalue weighted by Gasteiger charge is -2.12. The van der Waals surface area contributed by atoms with Crippen molar-refractivity contribution in [3.05, 3.63) is 23.2 Å². The van der Waals surface area contributed by atoms with Crippen molar-refractivity contribution in [1.29, 1.82) is 5.26 Å². The van der Waals surface area contributed by atoms with Gasteiger partial charge in [0.1, 0.15) is 5.41 Å². The Morgan fingerprint density at radius 3 is 2.90 bits per heavy atom. The zero-order valence-corrected chi connectivity index (χ0v) is 12.1. The maximum atomic E-state index is 12.2. The number of carbonyl (C=O) groups is 1. The monoisotopic (exact) mass is 275 g/mol. The van der Waals surface area contributed by atoms with E-state index in [1.54, 1.807) is 19.9 Å². The number of nitrogens with zero attached hydrogens (tertiary/aromatic N) is 3. The van der Waals surface area contributed by atoms with Crippen molar-refractivity contribution in [1.82, 2.24) is 5.16 Å². The van der Waals surface area contributed by atoms with Gasteiger partial charge in [0.15, 0.2) is 17.3 Å². The molecule has 0 atom stereocenters. The van der Waals surface area contributed by atoms with Gasteiger partial charge in [-0.1, -0.05) is 5.16 Å². The SMILES string of the molecule is CCOC1=C(C)CN(c2cc(C(C)(C)C#N)on2)C1=O. The molecule has 0 aromatic carbocycles. The fourth-order valence-corrected chi connectivity index (χ4v) is 1.94. The third-order valence-electron chi connectivity index (χ3n) is 3.18. The number of nitriles is 1. The largest absolute Gasteiger partial charge is 0.488 e. The molecule has 0 N–H and O–H groups in total. The van der Waals surface area contributed by atoms with Crippen LogP contribution in [0.15, 0.2) is 21.9 Å². The summed E-state index contributed by atoms with van der Waals surface area (Å²) in [4.78, 5) is 13.7. The summed E-state index contributed by atoms with van der Waals surface area (Å²) in [5.74, 6) is 0.989. The van der Waals surface area contributed by atoms with Crippen molar-refractivity contribution in [3.8, 4) is 6.07 Å². The molecular formula is C14H17N3O3. The Morgan fingerprint density at radius 2 is 2.30 bits per heavy atom. The molecular weight excluding hydrogens is 258 g/mol. The van der Waals surface area contributed by atoms with Crippen LogP contribution in [0.3, 0.4) is 0 Å². The first-order valence-corrected chi connectivity index (χ1v) is 6.43. The molecule has 0 spiro atoms. The van der Waals surface area contributed by atoms with Gasteiger partial charge < -0.3 is 9.26 Å². The molecule has 1 aliphatic heterocycles. The smallest absolute Gasteiger partial charge is 0.294 e. The number of hydrogen-bond donors (Lipinski definition) is 0. The van der Waals surface area contributed by atoms with Crippen LogP contribution in [-0.2, 0) is 14.9 Å². The fourth-order valence-electron chi connectivity index (χ4n) is 1.94. The Balaban J connectivity index is 2.24. The van der Waals surface area contributed by atoms with Crippen molar-refractivity contribution < 1.29 is 14.1 Å². The summed E-state index contributed by atoms with van der Waals surface area (Å²) in [5.41, 5.74) is 0.0835. The first-order valence-electron chi connectivity index (χ1n) is 6.43. The van der Waals surface area contributed by atoms with Gasteiger partial charge in [-0.25, -0.2) is 0 Å². The van der Waals surface area contributed by atoms with Crippen molar-refractivity contribution >= 4 is 11.7 Å². The van der Waals surface area contributed by atoms with Gasteiger partial charge in [0.2, 0.25) is 0 Å². The van der Waals surface area contributed by atoms with Gasteiger partial charge in [0.05, 0.1) is 19.2 Å². The van der Waals surface area contributed by atoms with Gasteiger partial charge in [-0.3, -0.25) is 9.69 Å². The first-order chi connectivity index (χ1) is 9.40. The molecule has 20 heavy (non-hydrogen) atoms. The average Bonchev–Trinajstić information content (AvgIpc) is 2.99. The predicted octanol–water partition coefficient (Wildman–Crippen LogP) is 2.13. The van der Waals surface area contributed by atoms with Crippen LogP contribution in [-0.4, -0.2) is 24.2 Å². The molecule has 0 aliphatic carbocycles. The molecule has 106 valence electrons. The highest BCUT2D eigenvalue weighted by Gasteiger charge is 2.34. The molecule has 0 unspecified atom stereocenters. The van der Waals surface area contributed by atoms with E-state index < -0.39 is 5.41 Å². The molecule has 2 heterocycles. The van der Waals surface area contributed by atoms with E-state index in [0.29, 0.717) is 30.5 Å². The Kier molecular flexibility index (Phi) is 3.53. The molecule has 0 saturated carbocycles. The van der Waals surface area contributed by atoms with E-state index in [-0.39, 0.29) is 5.91 Å². The maximum Gasteiger partial charge on any atom is 0.294 e. The number of carbonyl (C=O) groups excluding carboxylic acids is 1. The molecule has 1 aromatic heterocycles. The van der Waals surface area contributed by atoms with E-state index in [2.05, 4.69) is 11.2 Å². The zero-order valence-electron chi connectivity index (χ0n) is 12.1. The second-order valence-corrected chi connectivity index (χ2v) is 5.22. The van der Waals surface area contributed by atoms with Crippen LogP contribution < -0.4 is 4.90 Å². The molecule has 1 amide bonds. The first kappa shape index (κ1) is 14.1. The Hall–Kier alpha value is -2.29. The van der Waals surface area contributed by atoms with E-state index >= 15 is 0 Å². The van der Waals surface area contributed by atoms with Crippen molar-refractivity contribution in [2.24, 2.45) is 0 Å². The van der Waals surface area contributed by atoms with Gasteiger partial charge in [-0.05, 0) is 33.3 Å². The molecule has 0 saturated heterocycles. The van der Waals surface area contributed by atoms with E-state index in [1.807, 2.05) is 13.8 Å². The van der Waals surface area contributed by atoms with Gasteiger partial charge in [0.25, 0.3) is 5.91 Å². The van der Waals surface area contributed by atoms with Crippen molar-refractivity contribution in [3.63, 3.8) is 0 Å². The Labute approximate surface area is 117 Å². The standard InChI is InChI=1S/C14H17N3O3/c1-5-19-12-9(2)7-17(13(12)18)11-6-10(20-16-11)14(3,4)8-15/h6H,5,7H2,1-4H3. The van der Waals surface area contributed by atoms with Crippen LogP contribution >= 0.6 is 0 Å². The highest BCUT2D eigenvalue weighted by molar-refractivity contribution is 6.07. The number of aromatic nitrogens is 1. The van der Waals surface area contributed by atoms with Gasteiger partial charge in [-0.2, -0.15) is 5.26 Å². The summed E-state index contributed by atoms with van der Waals surface area (Å²) in [5, 5.41) is 13.0. The topological polar surface area (TPSA) is 79.4 Å². The number of ether oxygens (including phenoxy) is 1. The minimum absolute atomic E-state index is 0.223. The number of amides is 1. The lowest BCUT2D eigenvalue weighted by atomic mass is 9.92. The van der Waals surface area contributed by atoms with Crippen LogP contribution in [0, 0.1) is 11.3 Å². The molecule has 6 heteroatoms. The highest BCUT2D eigenvalue weighted by Crippen LogP contribution is 2.30. The van der Waals surface area contributed by atoms with E-state index in [1.165, 1.54) is 4.90 Å². The van der Waals surface area contributed by atoms with Gasteiger partial charge >= 0.3 is 0 Å². The predicted molar refractivity (Wildman–Crippen MR) is 71.8 cm³/mol. The molecule has 1 aliphatic rings. The van der Waals surface area contributed by atoms with Gasteiger partial charge in [-0.15, -0.1) is 0 Å². The average molecular weight is 275 g/mol.